The molecule has 0 aromatic carbocycles. The molecule has 8 heteroatoms. The maximum atomic E-state index is 12.4. The quantitative estimate of drug-likeness (QED) is 0.465. The number of phosphoric acid groups is 1. The molecule has 0 radical (unpaired) electrons. The normalized spacial score (nSPS) is 10.4. The second-order valence-corrected chi connectivity index (χ2v) is 6.68. The molecule has 0 spiro atoms. The molecule has 0 atom stereocenters. The average Bonchev–Trinajstić information content (AvgIpc) is 2.22. The van der Waals surface area contributed by atoms with Crippen molar-refractivity contribution in [3.63, 3.8) is 0 Å². The van der Waals surface area contributed by atoms with Gasteiger partial charge in [0.05, 0.1) is 19.3 Å². The van der Waals surface area contributed by atoms with Crippen LogP contribution in [0.2, 0.25) is 0 Å². The van der Waals surface area contributed by atoms with E-state index in [0.717, 1.165) is 0 Å². The lowest BCUT2D eigenvalue weighted by Gasteiger charge is -2.16. The third-order valence-electron chi connectivity index (χ3n) is 1.98. The van der Waals surface area contributed by atoms with Gasteiger partial charge in [-0.05, 0) is 20.8 Å². The van der Waals surface area contributed by atoms with Crippen molar-refractivity contribution in [2.45, 2.75) is 40.0 Å². The topological polar surface area (TPSA) is 96.0 Å². The third-order valence-corrected chi connectivity index (χ3v) is 3.26. The fourth-order valence-corrected chi connectivity index (χ4v) is 2.32. The SMILES string of the molecule is C=C(C)CC(=O)OP(=O)(OC(=O)CC(=C)C)OC(=O)CC(=C)C. The van der Waals surface area contributed by atoms with Gasteiger partial charge >= 0.3 is 25.7 Å². The van der Waals surface area contributed by atoms with Crippen LogP contribution < -0.4 is 0 Å². The largest absolute Gasteiger partial charge is 0.653 e. The predicted molar refractivity (Wildman–Crippen MR) is 84.2 cm³/mol. The second-order valence-electron chi connectivity index (χ2n) is 5.24. The molecule has 0 bridgehead atoms. The summed E-state index contributed by atoms with van der Waals surface area (Å²) in [5.41, 5.74) is 1.30. The number of hydrogen-bond acceptors (Lipinski definition) is 7. The Morgan fingerprint density at radius 2 is 0.913 bits per heavy atom. The minimum Gasteiger partial charge on any atom is -0.352 e. The van der Waals surface area contributed by atoms with E-state index in [9.17, 15) is 18.9 Å². The van der Waals surface area contributed by atoms with E-state index in [-0.39, 0.29) is 19.3 Å². The monoisotopic (exact) mass is 344 g/mol. The van der Waals surface area contributed by atoms with Crippen LogP contribution in [-0.4, -0.2) is 17.9 Å². The minimum atomic E-state index is -4.73. The first-order valence-corrected chi connectivity index (χ1v) is 8.10. The summed E-state index contributed by atoms with van der Waals surface area (Å²) in [5, 5.41) is 0. The number of carbonyl (C=O) groups is 3. The van der Waals surface area contributed by atoms with Crippen molar-refractivity contribution in [1.29, 1.82) is 0 Å². The zero-order valence-corrected chi connectivity index (χ0v) is 14.4. The summed E-state index contributed by atoms with van der Waals surface area (Å²) >= 11 is 0. The van der Waals surface area contributed by atoms with Gasteiger partial charge in [0.2, 0.25) is 0 Å². The molecule has 0 heterocycles. The Balaban J connectivity index is 5.13. The van der Waals surface area contributed by atoms with Gasteiger partial charge in [-0.25, -0.2) is 0 Å². The van der Waals surface area contributed by atoms with E-state index in [1.807, 2.05) is 0 Å². The highest BCUT2D eigenvalue weighted by atomic mass is 31.2. The van der Waals surface area contributed by atoms with Gasteiger partial charge in [-0.1, -0.05) is 36.5 Å². The smallest absolute Gasteiger partial charge is 0.352 e. The molecule has 0 unspecified atom stereocenters. The minimum absolute atomic E-state index is 0.264. The summed E-state index contributed by atoms with van der Waals surface area (Å²) in [5.74, 6) is -2.98. The van der Waals surface area contributed by atoms with E-state index in [2.05, 4.69) is 33.3 Å². The molecule has 0 saturated heterocycles. The second kappa shape index (κ2) is 9.10. The number of phosphoric ester groups is 1. The lowest BCUT2D eigenvalue weighted by Crippen LogP contribution is -2.14. The zero-order valence-electron chi connectivity index (χ0n) is 13.5. The van der Waals surface area contributed by atoms with Crippen LogP contribution in [0.25, 0.3) is 0 Å². The summed E-state index contributed by atoms with van der Waals surface area (Å²) in [6.45, 7) is 15.1. The van der Waals surface area contributed by atoms with Gasteiger partial charge in [0, 0.05) is 0 Å². The predicted octanol–water partition coefficient (Wildman–Crippen LogP) is 3.62. The molecule has 0 aromatic rings. The Morgan fingerprint density at radius 3 is 1.09 bits per heavy atom. The lowest BCUT2D eigenvalue weighted by molar-refractivity contribution is -0.143. The molecule has 0 fully saturated rings. The van der Waals surface area contributed by atoms with Crippen molar-refractivity contribution in [1.82, 2.24) is 0 Å². The van der Waals surface area contributed by atoms with E-state index in [0.29, 0.717) is 16.7 Å². The first kappa shape index (κ1) is 20.9. The molecule has 0 rings (SSSR count). The number of rotatable bonds is 9. The molecule has 0 amide bonds. The summed E-state index contributed by atoms with van der Waals surface area (Å²) in [4.78, 5) is 34.8. The van der Waals surface area contributed by atoms with Gasteiger partial charge in [-0.3, -0.25) is 14.4 Å². The van der Waals surface area contributed by atoms with E-state index < -0.39 is 25.7 Å². The molecule has 0 aliphatic rings. The first-order valence-electron chi connectivity index (χ1n) is 6.64. The molecule has 0 aliphatic heterocycles. The van der Waals surface area contributed by atoms with E-state index in [4.69, 9.17) is 0 Å². The fraction of sp³-hybridized carbons (Fsp3) is 0.400. The average molecular weight is 344 g/mol. The van der Waals surface area contributed by atoms with Crippen molar-refractivity contribution in [2.24, 2.45) is 0 Å². The van der Waals surface area contributed by atoms with Gasteiger partial charge < -0.3 is 13.6 Å². The molecular weight excluding hydrogens is 323 g/mol. The molecule has 23 heavy (non-hydrogen) atoms. The molecule has 128 valence electrons. The molecule has 0 aromatic heterocycles. The maximum absolute atomic E-state index is 12.4. The highest BCUT2D eigenvalue weighted by Crippen LogP contribution is 2.51. The van der Waals surface area contributed by atoms with E-state index in [1.54, 1.807) is 20.8 Å². The summed E-state index contributed by atoms with van der Waals surface area (Å²) in [6, 6.07) is 0. The Bertz CT molecular complexity index is 508. The highest BCUT2D eigenvalue weighted by Gasteiger charge is 2.39. The zero-order chi connectivity index (χ0) is 18.2. The molecule has 7 nitrogen and oxygen atoms in total. The maximum Gasteiger partial charge on any atom is 0.653 e. The number of hydrogen-bond donors (Lipinski definition) is 0. The summed E-state index contributed by atoms with van der Waals surface area (Å²) < 4.78 is 26.1. The van der Waals surface area contributed by atoms with Crippen LogP contribution in [0.15, 0.2) is 36.5 Å². The van der Waals surface area contributed by atoms with E-state index in [1.165, 1.54) is 0 Å². The van der Waals surface area contributed by atoms with Crippen LogP contribution in [0.3, 0.4) is 0 Å². The van der Waals surface area contributed by atoms with Crippen LogP contribution in [0.1, 0.15) is 40.0 Å². The Hall–Kier alpha value is -2.14. The van der Waals surface area contributed by atoms with Gasteiger partial charge in [0.1, 0.15) is 0 Å². The van der Waals surface area contributed by atoms with Crippen molar-refractivity contribution >= 4 is 25.7 Å². The highest BCUT2D eigenvalue weighted by molar-refractivity contribution is 7.50. The molecule has 0 saturated carbocycles. The van der Waals surface area contributed by atoms with Crippen LogP contribution in [0.4, 0.5) is 0 Å². The van der Waals surface area contributed by atoms with Gasteiger partial charge in [0.15, 0.2) is 0 Å². The van der Waals surface area contributed by atoms with Crippen molar-refractivity contribution in [3.05, 3.63) is 36.5 Å². The standard InChI is InChI=1S/C15H21O7P/c1-10(2)7-13(16)20-23(19,21-14(17)8-11(3)4)22-15(18)9-12(5)6/h1,3,5,7-9H2,2,4,6H3. The Morgan fingerprint density at radius 1 is 0.696 bits per heavy atom. The van der Waals surface area contributed by atoms with Crippen molar-refractivity contribution in [2.75, 3.05) is 0 Å². The molecular formula is C15H21O7P. The molecule has 0 N–H and O–H groups in total. The third kappa shape index (κ3) is 10.3. The summed E-state index contributed by atoms with van der Waals surface area (Å²) in [7, 11) is -4.73. The van der Waals surface area contributed by atoms with Crippen LogP contribution in [0.5, 0.6) is 0 Å². The van der Waals surface area contributed by atoms with Crippen LogP contribution in [-0.2, 0) is 32.5 Å². The Kier molecular flexibility index (Phi) is 8.25. The van der Waals surface area contributed by atoms with Crippen LogP contribution in [0, 0.1) is 0 Å². The molecule has 0 aliphatic carbocycles. The first-order chi connectivity index (χ1) is 10.4. The summed E-state index contributed by atoms with van der Waals surface area (Å²) in [6.07, 6.45) is -0.791. The van der Waals surface area contributed by atoms with Crippen molar-refractivity contribution in [3.8, 4) is 0 Å². The van der Waals surface area contributed by atoms with Gasteiger partial charge in [0.25, 0.3) is 0 Å². The van der Waals surface area contributed by atoms with Crippen LogP contribution >= 0.6 is 7.82 Å². The fourth-order valence-electron chi connectivity index (χ4n) is 1.27. The Labute approximate surface area is 135 Å². The van der Waals surface area contributed by atoms with Gasteiger partial charge in [-0.2, -0.15) is 4.57 Å². The van der Waals surface area contributed by atoms with Crippen molar-refractivity contribution < 1.29 is 32.5 Å². The van der Waals surface area contributed by atoms with E-state index >= 15 is 0 Å². The lowest BCUT2D eigenvalue weighted by atomic mass is 10.2. The number of carbonyl (C=O) groups excluding carboxylic acids is 3. The van der Waals surface area contributed by atoms with Gasteiger partial charge in [-0.15, -0.1) is 0 Å².